The zero-order valence-corrected chi connectivity index (χ0v) is 25.0. The number of hydrogen-bond donors (Lipinski definition) is 0. The summed E-state index contributed by atoms with van der Waals surface area (Å²) in [5.74, 6) is -0.109. The Morgan fingerprint density at radius 3 is 2.41 bits per heavy atom. The van der Waals surface area contributed by atoms with Gasteiger partial charge < -0.3 is 18.6 Å². The zero-order chi connectivity index (χ0) is 33.1. The van der Waals surface area contributed by atoms with Crippen LogP contribution < -0.4 is 4.74 Å². The minimum absolute atomic E-state index is 0.0723. The number of fused-ring (bicyclic) bond motifs is 1. The number of non-ortho nitro benzene ring substituents is 1. The van der Waals surface area contributed by atoms with E-state index in [0.29, 0.717) is 39.3 Å². The first-order valence-corrected chi connectivity index (χ1v) is 14.2. The van der Waals surface area contributed by atoms with Gasteiger partial charge in [0.2, 0.25) is 11.5 Å². The van der Waals surface area contributed by atoms with Crippen molar-refractivity contribution >= 4 is 17.2 Å². The molecule has 0 aliphatic rings. The van der Waals surface area contributed by atoms with Crippen molar-refractivity contribution < 1.29 is 37.1 Å². The molecule has 240 valence electrons. The normalized spacial score (nSPS) is 13.0. The SMILES string of the molecule is CCOC(=O)c1cc2cc(Cn3cc(C(CC)(OCc4ccc([N+](=O)[O-])cc4)C(F)(F)F)nn3)ccn2c1-c1ccc(OC)nc1. The van der Waals surface area contributed by atoms with Crippen LogP contribution in [-0.2, 0) is 28.2 Å². The van der Waals surface area contributed by atoms with E-state index in [0.717, 1.165) is 0 Å². The van der Waals surface area contributed by atoms with Crippen molar-refractivity contribution in [3.8, 4) is 17.1 Å². The minimum Gasteiger partial charge on any atom is -0.481 e. The molecule has 0 bridgehead atoms. The zero-order valence-electron chi connectivity index (χ0n) is 25.0. The number of aromatic nitrogens is 5. The number of nitro benzene ring substituents is 1. The summed E-state index contributed by atoms with van der Waals surface area (Å²) in [6, 6.07) is 13.7. The van der Waals surface area contributed by atoms with Crippen LogP contribution in [0.25, 0.3) is 16.8 Å². The van der Waals surface area contributed by atoms with E-state index < -0.39 is 41.4 Å². The van der Waals surface area contributed by atoms with Gasteiger partial charge in [0.25, 0.3) is 5.69 Å². The van der Waals surface area contributed by atoms with E-state index in [1.54, 1.807) is 54.0 Å². The molecule has 0 amide bonds. The maximum atomic E-state index is 14.5. The number of carbonyl (C=O) groups is 1. The van der Waals surface area contributed by atoms with Crippen LogP contribution in [-0.4, -0.2) is 55.2 Å². The van der Waals surface area contributed by atoms with Crippen LogP contribution in [0.2, 0.25) is 0 Å². The molecule has 1 aromatic carbocycles. The lowest BCUT2D eigenvalue weighted by Gasteiger charge is -2.33. The molecule has 15 heteroatoms. The molecule has 0 aliphatic carbocycles. The molecule has 46 heavy (non-hydrogen) atoms. The second-order valence-corrected chi connectivity index (χ2v) is 10.2. The van der Waals surface area contributed by atoms with Crippen LogP contribution >= 0.6 is 0 Å². The van der Waals surface area contributed by atoms with Crippen molar-refractivity contribution in [1.29, 1.82) is 0 Å². The Morgan fingerprint density at radius 1 is 1.04 bits per heavy atom. The lowest BCUT2D eigenvalue weighted by Crippen LogP contribution is -2.44. The van der Waals surface area contributed by atoms with Gasteiger partial charge in [0.05, 0.1) is 49.2 Å². The Labute approximate surface area is 260 Å². The summed E-state index contributed by atoms with van der Waals surface area (Å²) in [6.07, 6.45) is -0.821. The van der Waals surface area contributed by atoms with Crippen molar-refractivity contribution in [3.63, 3.8) is 0 Å². The van der Waals surface area contributed by atoms with E-state index in [1.165, 1.54) is 49.2 Å². The molecule has 0 aliphatic heterocycles. The van der Waals surface area contributed by atoms with Gasteiger partial charge in [-0.15, -0.1) is 5.10 Å². The number of nitrogens with zero attached hydrogens (tertiary/aromatic N) is 6. The molecule has 5 rings (SSSR count). The van der Waals surface area contributed by atoms with Crippen molar-refractivity contribution in [2.75, 3.05) is 13.7 Å². The summed E-state index contributed by atoms with van der Waals surface area (Å²) in [7, 11) is 1.50. The summed E-state index contributed by atoms with van der Waals surface area (Å²) >= 11 is 0. The molecular formula is C31H29F3N6O6. The van der Waals surface area contributed by atoms with E-state index >= 15 is 0 Å². The number of carbonyl (C=O) groups excluding carboxylic acids is 1. The third-order valence-electron chi connectivity index (χ3n) is 7.44. The second-order valence-electron chi connectivity index (χ2n) is 10.2. The molecule has 0 N–H and O–H groups in total. The van der Waals surface area contributed by atoms with Crippen LogP contribution in [0, 0.1) is 10.1 Å². The first-order valence-electron chi connectivity index (χ1n) is 14.2. The highest BCUT2D eigenvalue weighted by atomic mass is 19.4. The quantitative estimate of drug-likeness (QED) is 0.0900. The topological polar surface area (TPSA) is 136 Å². The summed E-state index contributed by atoms with van der Waals surface area (Å²) in [5, 5.41) is 18.7. The monoisotopic (exact) mass is 638 g/mol. The number of esters is 1. The van der Waals surface area contributed by atoms with Crippen molar-refractivity contribution in [3.05, 3.63) is 106 Å². The Kier molecular flexibility index (Phi) is 9.05. The van der Waals surface area contributed by atoms with Gasteiger partial charge in [0.15, 0.2) is 0 Å². The summed E-state index contributed by atoms with van der Waals surface area (Å²) in [6.45, 7) is 2.83. The number of halogens is 3. The molecule has 0 radical (unpaired) electrons. The number of pyridine rings is 2. The molecule has 0 saturated carbocycles. The van der Waals surface area contributed by atoms with Crippen LogP contribution in [0.5, 0.6) is 5.88 Å². The standard InChI is InChI=1S/C31H29F3N6O6/c1-4-30(31(32,33)34,46-19-20-6-9-23(10-7-20)40(42)43)26-18-38(37-36-26)17-21-12-13-39-24(14-21)15-25(29(41)45-5-2)28(39)22-8-11-27(44-3)35-16-22/h6-16,18H,4-5,17,19H2,1-3H3. The van der Waals surface area contributed by atoms with E-state index in [-0.39, 0.29) is 18.8 Å². The third kappa shape index (κ3) is 6.26. The molecule has 5 aromatic rings. The Bertz CT molecular complexity index is 1850. The first kappa shape index (κ1) is 32.1. The van der Waals surface area contributed by atoms with E-state index in [9.17, 15) is 28.1 Å². The minimum atomic E-state index is -4.84. The van der Waals surface area contributed by atoms with Gasteiger partial charge in [-0.25, -0.2) is 14.5 Å². The number of alkyl halides is 3. The lowest BCUT2D eigenvalue weighted by atomic mass is 9.95. The fourth-order valence-electron chi connectivity index (χ4n) is 5.08. The van der Waals surface area contributed by atoms with Crippen LogP contribution in [0.4, 0.5) is 18.9 Å². The van der Waals surface area contributed by atoms with Gasteiger partial charge in [0.1, 0.15) is 5.69 Å². The van der Waals surface area contributed by atoms with Gasteiger partial charge in [0, 0.05) is 41.7 Å². The number of methoxy groups -OCH3 is 1. The van der Waals surface area contributed by atoms with E-state index in [1.807, 2.05) is 0 Å². The van der Waals surface area contributed by atoms with Crippen LogP contribution in [0.15, 0.2) is 73.2 Å². The average Bonchev–Trinajstić information content (AvgIpc) is 3.66. The second kappa shape index (κ2) is 13.0. The fraction of sp³-hybridized carbons (Fsp3) is 0.290. The fourth-order valence-corrected chi connectivity index (χ4v) is 5.08. The first-order chi connectivity index (χ1) is 22.0. The molecule has 4 heterocycles. The van der Waals surface area contributed by atoms with E-state index in [2.05, 4.69) is 15.3 Å². The lowest BCUT2D eigenvalue weighted by molar-refractivity contribution is -0.384. The Morgan fingerprint density at radius 2 is 1.80 bits per heavy atom. The Hall–Kier alpha value is -5.31. The van der Waals surface area contributed by atoms with Gasteiger partial charge in [-0.2, -0.15) is 13.2 Å². The van der Waals surface area contributed by atoms with Gasteiger partial charge in [-0.3, -0.25) is 10.1 Å². The largest absolute Gasteiger partial charge is 0.481 e. The van der Waals surface area contributed by atoms with Crippen molar-refractivity contribution in [2.24, 2.45) is 0 Å². The van der Waals surface area contributed by atoms with Crippen molar-refractivity contribution in [1.82, 2.24) is 24.4 Å². The third-order valence-corrected chi connectivity index (χ3v) is 7.44. The van der Waals surface area contributed by atoms with Crippen LogP contribution in [0.3, 0.4) is 0 Å². The number of hydrogen-bond acceptors (Lipinski definition) is 9. The summed E-state index contributed by atoms with van der Waals surface area (Å²) < 4.78 is 62.6. The van der Waals surface area contributed by atoms with Gasteiger partial charge in [-0.1, -0.05) is 12.1 Å². The number of nitro groups is 1. The summed E-state index contributed by atoms with van der Waals surface area (Å²) in [4.78, 5) is 27.4. The Balaban J connectivity index is 1.43. The molecule has 0 fully saturated rings. The highest BCUT2D eigenvalue weighted by Crippen LogP contribution is 2.44. The predicted octanol–water partition coefficient (Wildman–Crippen LogP) is 6.12. The molecule has 12 nitrogen and oxygen atoms in total. The van der Waals surface area contributed by atoms with Gasteiger partial charge in [-0.05, 0) is 60.9 Å². The van der Waals surface area contributed by atoms with Crippen molar-refractivity contribution in [2.45, 2.75) is 45.2 Å². The molecule has 1 unspecified atom stereocenters. The highest BCUT2D eigenvalue weighted by Gasteiger charge is 2.58. The van der Waals surface area contributed by atoms with E-state index in [4.69, 9.17) is 14.2 Å². The number of ether oxygens (including phenoxy) is 3. The molecule has 1 atom stereocenters. The highest BCUT2D eigenvalue weighted by molar-refractivity contribution is 5.99. The maximum absolute atomic E-state index is 14.5. The predicted molar refractivity (Wildman–Crippen MR) is 158 cm³/mol. The number of benzene rings is 1. The summed E-state index contributed by atoms with van der Waals surface area (Å²) in [5.41, 5.74) is -0.219. The maximum Gasteiger partial charge on any atom is 0.423 e. The molecular weight excluding hydrogens is 609 g/mol. The van der Waals surface area contributed by atoms with Crippen LogP contribution in [0.1, 0.15) is 47.4 Å². The molecule has 4 aromatic heterocycles. The average molecular weight is 639 g/mol. The molecule has 0 saturated heterocycles. The smallest absolute Gasteiger partial charge is 0.423 e. The molecule has 0 spiro atoms. The van der Waals surface area contributed by atoms with Gasteiger partial charge >= 0.3 is 12.1 Å². The number of rotatable bonds is 12.